The molecule has 102 valence electrons. The van der Waals surface area contributed by atoms with Crippen LogP contribution in [0.15, 0.2) is 12.1 Å². The highest BCUT2D eigenvalue weighted by Gasteiger charge is 2.16. The van der Waals surface area contributed by atoms with Crippen LogP contribution >= 0.6 is 11.6 Å². The van der Waals surface area contributed by atoms with E-state index in [0.29, 0.717) is 6.54 Å². The molecule has 18 heavy (non-hydrogen) atoms. The third-order valence-electron chi connectivity index (χ3n) is 3.07. The van der Waals surface area contributed by atoms with Crippen LogP contribution in [-0.4, -0.2) is 43.9 Å². The van der Waals surface area contributed by atoms with Crippen LogP contribution < -0.4 is 4.74 Å². The van der Waals surface area contributed by atoms with Gasteiger partial charge in [-0.2, -0.15) is 0 Å². The van der Waals surface area contributed by atoms with Gasteiger partial charge in [0, 0.05) is 13.1 Å². The number of benzene rings is 1. The number of aliphatic hydroxyl groups excluding tert-OH is 1. The first kappa shape index (κ1) is 15.3. The Hall–Kier alpha value is -0.770. The normalized spacial score (nSPS) is 12.8. The Labute approximate surface area is 114 Å². The summed E-state index contributed by atoms with van der Waals surface area (Å²) in [5.74, 6) is 0.862. The molecule has 1 rings (SSSR count). The fourth-order valence-corrected chi connectivity index (χ4v) is 2.75. The van der Waals surface area contributed by atoms with E-state index in [-0.39, 0.29) is 12.0 Å². The Morgan fingerprint density at radius 2 is 1.89 bits per heavy atom. The molecule has 0 aliphatic rings. The summed E-state index contributed by atoms with van der Waals surface area (Å²) >= 11 is 6.48. The molecule has 0 aliphatic heterocycles. The number of likely N-dealkylation sites (N-methyl/N-ethyl adjacent to an activating group) is 1. The number of alkyl halides is 1. The number of aryl methyl sites for hydroxylation is 2. The molecule has 0 heterocycles. The lowest BCUT2D eigenvalue weighted by Crippen LogP contribution is -2.26. The number of ether oxygens (including phenoxy) is 1. The van der Waals surface area contributed by atoms with E-state index < -0.39 is 0 Å². The van der Waals surface area contributed by atoms with Crippen molar-refractivity contribution in [1.82, 2.24) is 4.90 Å². The largest absolute Gasteiger partial charge is 0.497 e. The maximum absolute atomic E-state index is 8.90. The zero-order chi connectivity index (χ0) is 13.7. The van der Waals surface area contributed by atoms with E-state index in [9.17, 15) is 0 Å². The molecule has 3 nitrogen and oxygen atoms in total. The van der Waals surface area contributed by atoms with Crippen molar-refractivity contribution in [2.24, 2.45) is 0 Å². The van der Waals surface area contributed by atoms with E-state index in [1.54, 1.807) is 7.11 Å². The van der Waals surface area contributed by atoms with E-state index in [1.165, 1.54) is 0 Å². The molecule has 1 aromatic rings. The molecule has 1 aromatic carbocycles. The van der Waals surface area contributed by atoms with Crippen molar-refractivity contribution in [1.29, 1.82) is 0 Å². The van der Waals surface area contributed by atoms with Crippen molar-refractivity contribution >= 4 is 11.6 Å². The highest BCUT2D eigenvalue weighted by Crippen LogP contribution is 2.31. The molecule has 0 radical (unpaired) electrons. The average molecular weight is 272 g/mol. The Kier molecular flexibility index (Phi) is 5.93. The molecular weight excluding hydrogens is 250 g/mol. The van der Waals surface area contributed by atoms with Crippen molar-refractivity contribution in [2.45, 2.75) is 19.2 Å². The van der Waals surface area contributed by atoms with Crippen LogP contribution in [-0.2, 0) is 0 Å². The van der Waals surface area contributed by atoms with Crippen molar-refractivity contribution in [3.8, 4) is 5.75 Å². The molecule has 1 N–H and O–H groups in total. The second-order valence-electron chi connectivity index (χ2n) is 4.63. The van der Waals surface area contributed by atoms with Gasteiger partial charge in [0.2, 0.25) is 0 Å². The minimum Gasteiger partial charge on any atom is -0.497 e. The van der Waals surface area contributed by atoms with E-state index >= 15 is 0 Å². The molecule has 0 bridgehead atoms. The summed E-state index contributed by atoms with van der Waals surface area (Å²) in [6.07, 6.45) is 0. The predicted octanol–water partition coefficient (Wildman–Crippen LogP) is 2.52. The van der Waals surface area contributed by atoms with Crippen molar-refractivity contribution in [3.05, 3.63) is 28.8 Å². The lowest BCUT2D eigenvalue weighted by Gasteiger charge is -2.22. The van der Waals surface area contributed by atoms with Gasteiger partial charge in [-0.3, -0.25) is 0 Å². The Balaban J connectivity index is 2.88. The van der Waals surface area contributed by atoms with Gasteiger partial charge in [0.15, 0.2) is 0 Å². The first-order chi connectivity index (χ1) is 8.49. The molecule has 1 atom stereocenters. The number of methoxy groups -OCH3 is 1. The van der Waals surface area contributed by atoms with Crippen LogP contribution in [0.1, 0.15) is 22.1 Å². The lowest BCUT2D eigenvalue weighted by atomic mass is 9.99. The zero-order valence-electron chi connectivity index (χ0n) is 11.5. The van der Waals surface area contributed by atoms with Gasteiger partial charge in [0.05, 0.1) is 19.1 Å². The third-order valence-corrected chi connectivity index (χ3v) is 3.43. The van der Waals surface area contributed by atoms with E-state index in [2.05, 4.69) is 0 Å². The quantitative estimate of drug-likeness (QED) is 0.807. The van der Waals surface area contributed by atoms with E-state index in [4.69, 9.17) is 21.4 Å². The fourth-order valence-electron chi connectivity index (χ4n) is 2.17. The summed E-state index contributed by atoms with van der Waals surface area (Å²) in [7, 11) is 3.63. The van der Waals surface area contributed by atoms with Gasteiger partial charge in [-0.15, -0.1) is 11.6 Å². The standard InChI is InChI=1S/C14H22ClNO2/c1-10-7-12(18-4)8-11(2)14(10)13(15)9-16(3)5-6-17/h7-8,13,17H,5-6,9H2,1-4H3. The van der Waals surface area contributed by atoms with Crippen LogP contribution in [0, 0.1) is 13.8 Å². The van der Waals surface area contributed by atoms with Crippen molar-refractivity contribution in [2.75, 3.05) is 33.9 Å². The first-order valence-corrected chi connectivity index (χ1v) is 6.51. The first-order valence-electron chi connectivity index (χ1n) is 6.08. The van der Waals surface area contributed by atoms with Gasteiger partial charge in [-0.25, -0.2) is 0 Å². The molecule has 0 amide bonds. The molecule has 0 fully saturated rings. The van der Waals surface area contributed by atoms with Gasteiger partial charge in [0.1, 0.15) is 5.75 Å². The highest BCUT2D eigenvalue weighted by atomic mass is 35.5. The smallest absolute Gasteiger partial charge is 0.119 e. The summed E-state index contributed by atoms with van der Waals surface area (Å²) in [5, 5.41) is 8.82. The summed E-state index contributed by atoms with van der Waals surface area (Å²) in [4.78, 5) is 2.03. The second-order valence-corrected chi connectivity index (χ2v) is 5.16. The van der Waals surface area contributed by atoms with Gasteiger partial charge >= 0.3 is 0 Å². The van der Waals surface area contributed by atoms with Crippen LogP contribution in [0.25, 0.3) is 0 Å². The second kappa shape index (κ2) is 6.98. The van der Waals surface area contributed by atoms with E-state index in [1.807, 2.05) is 37.9 Å². The van der Waals surface area contributed by atoms with Gasteiger partial charge < -0.3 is 14.7 Å². The Morgan fingerprint density at radius 3 is 2.33 bits per heavy atom. The molecule has 0 aliphatic carbocycles. The van der Waals surface area contributed by atoms with Gasteiger partial charge in [0.25, 0.3) is 0 Å². The SMILES string of the molecule is COc1cc(C)c(C(Cl)CN(C)CCO)c(C)c1. The number of aliphatic hydroxyl groups is 1. The van der Waals surface area contributed by atoms with Crippen LogP contribution in [0.4, 0.5) is 0 Å². The summed E-state index contributed by atoms with van der Waals surface area (Å²) in [6, 6.07) is 4.01. The average Bonchev–Trinajstić information content (AvgIpc) is 2.27. The summed E-state index contributed by atoms with van der Waals surface area (Å²) in [6.45, 7) is 5.60. The number of nitrogens with zero attached hydrogens (tertiary/aromatic N) is 1. The maximum Gasteiger partial charge on any atom is 0.119 e. The maximum atomic E-state index is 8.90. The number of hydrogen-bond donors (Lipinski definition) is 1. The minimum absolute atomic E-state index is 0.0764. The zero-order valence-corrected chi connectivity index (χ0v) is 12.3. The van der Waals surface area contributed by atoms with Crippen molar-refractivity contribution < 1.29 is 9.84 Å². The Bertz CT molecular complexity index is 372. The summed E-state index contributed by atoms with van der Waals surface area (Å²) < 4.78 is 5.24. The van der Waals surface area contributed by atoms with Crippen LogP contribution in [0.5, 0.6) is 5.75 Å². The fraction of sp³-hybridized carbons (Fsp3) is 0.571. The minimum atomic E-state index is -0.0764. The molecule has 1 unspecified atom stereocenters. The third kappa shape index (κ3) is 3.87. The van der Waals surface area contributed by atoms with Gasteiger partial charge in [-0.05, 0) is 49.7 Å². The molecule has 0 aromatic heterocycles. The number of hydrogen-bond acceptors (Lipinski definition) is 3. The highest BCUT2D eigenvalue weighted by molar-refractivity contribution is 6.21. The molecular formula is C14H22ClNO2. The topological polar surface area (TPSA) is 32.7 Å². The number of halogens is 1. The molecule has 0 saturated carbocycles. The predicted molar refractivity (Wildman–Crippen MR) is 75.6 cm³/mol. The van der Waals surface area contributed by atoms with Crippen molar-refractivity contribution in [3.63, 3.8) is 0 Å². The molecule has 0 saturated heterocycles. The monoisotopic (exact) mass is 271 g/mol. The van der Waals surface area contributed by atoms with Crippen LogP contribution in [0.3, 0.4) is 0 Å². The Morgan fingerprint density at radius 1 is 1.33 bits per heavy atom. The summed E-state index contributed by atoms with van der Waals surface area (Å²) in [5.41, 5.74) is 3.44. The lowest BCUT2D eigenvalue weighted by molar-refractivity contribution is 0.221. The van der Waals surface area contributed by atoms with E-state index in [0.717, 1.165) is 29.0 Å². The number of rotatable bonds is 6. The molecule has 0 spiro atoms. The van der Waals surface area contributed by atoms with Crippen LogP contribution in [0.2, 0.25) is 0 Å². The van der Waals surface area contributed by atoms with Gasteiger partial charge in [-0.1, -0.05) is 0 Å². The molecule has 4 heteroatoms.